The molecule has 1 aromatic heterocycles. The molecule has 2 heterocycles. The molecule has 0 atom stereocenters. The topological polar surface area (TPSA) is 60.8 Å². The predicted octanol–water partition coefficient (Wildman–Crippen LogP) is 8.46. The number of nitrogens with zero attached hydrogens (tertiary/aromatic N) is 2. The van der Waals surface area contributed by atoms with Gasteiger partial charge in [-0.15, -0.1) is 0 Å². The number of benzene rings is 3. The Bertz CT molecular complexity index is 1800. The van der Waals surface area contributed by atoms with Crippen molar-refractivity contribution in [1.82, 2.24) is 5.32 Å². The average Bonchev–Trinajstić information content (AvgIpc) is 3.47. The van der Waals surface area contributed by atoms with Gasteiger partial charge in [0.15, 0.2) is 28.4 Å². The van der Waals surface area contributed by atoms with Gasteiger partial charge in [-0.1, -0.05) is 34.8 Å². The van der Waals surface area contributed by atoms with E-state index < -0.39 is 40.7 Å². The zero-order valence-corrected chi connectivity index (χ0v) is 25.8. The lowest BCUT2D eigenvalue weighted by Crippen LogP contribution is -2.47. The van der Waals surface area contributed by atoms with E-state index in [-0.39, 0.29) is 31.3 Å². The zero-order valence-electron chi connectivity index (χ0n) is 22.7. The van der Waals surface area contributed by atoms with Crippen molar-refractivity contribution < 1.29 is 31.2 Å². The van der Waals surface area contributed by atoms with Crippen molar-refractivity contribution in [1.29, 1.82) is 0 Å². The monoisotopic (exact) mass is 700 g/mol. The lowest BCUT2D eigenvalue weighted by molar-refractivity contribution is -0.115. The number of halogens is 8. The summed E-state index contributed by atoms with van der Waals surface area (Å²) < 4.78 is 75.0. The van der Waals surface area contributed by atoms with Crippen molar-refractivity contribution >= 4 is 81.2 Å². The zero-order chi connectivity index (χ0) is 32.4. The van der Waals surface area contributed by atoms with Crippen LogP contribution in [-0.4, -0.2) is 37.2 Å². The number of thiocarbonyl (C=S) groups is 1. The minimum atomic E-state index is -2.20. The summed E-state index contributed by atoms with van der Waals surface area (Å²) in [5.41, 5.74) is 0.731. The average molecular weight is 702 g/mol. The number of hydrogen-bond acceptors (Lipinski definition) is 5. The molecule has 5 rings (SSSR count). The third kappa shape index (κ3) is 7.19. The molecule has 0 bridgehead atoms. The maximum atomic E-state index is 14.2. The van der Waals surface area contributed by atoms with Crippen molar-refractivity contribution in [2.45, 2.75) is 0 Å². The molecule has 1 fully saturated rings. The second-order valence-electron chi connectivity index (χ2n) is 9.66. The molecule has 1 amide bonds. The summed E-state index contributed by atoms with van der Waals surface area (Å²) in [5.74, 6) is -9.55. The van der Waals surface area contributed by atoms with Crippen LogP contribution in [0.15, 0.2) is 59.0 Å². The van der Waals surface area contributed by atoms with Crippen molar-refractivity contribution in [2.75, 3.05) is 41.3 Å². The molecule has 1 aliphatic rings. The van der Waals surface area contributed by atoms with Crippen molar-refractivity contribution in [2.24, 2.45) is 0 Å². The first-order valence-electron chi connectivity index (χ1n) is 13.1. The smallest absolute Gasteiger partial charge is 0.250 e. The van der Waals surface area contributed by atoms with E-state index in [1.165, 1.54) is 12.2 Å². The number of piperazine rings is 1. The molecule has 0 unspecified atom stereocenters. The lowest BCUT2D eigenvalue weighted by atomic mass is 10.2. The molecule has 0 saturated carbocycles. The van der Waals surface area contributed by atoms with Crippen molar-refractivity contribution in [3.63, 3.8) is 0 Å². The van der Waals surface area contributed by atoms with Gasteiger partial charge in [0.05, 0.1) is 15.7 Å². The first-order valence-corrected chi connectivity index (χ1v) is 14.6. The summed E-state index contributed by atoms with van der Waals surface area (Å²) in [6.07, 6.45) is 2.70. The fraction of sp³-hybridized carbons (Fsp3) is 0.133. The number of furan rings is 1. The van der Waals surface area contributed by atoms with E-state index >= 15 is 0 Å². The van der Waals surface area contributed by atoms with E-state index in [1.807, 2.05) is 0 Å². The van der Waals surface area contributed by atoms with E-state index in [0.29, 0.717) is 43.5 Å². The highest BCUT2D eigenvalue weighted by Gasteiger charge is 2.31. The molecule has 3 aromatic carbocycles. The summed E-state index contributed by atoms with van der Waals surface area (Å²) in [6, 6.07) is 13.3. The molecule has 234 valence electrons. The molecule has 0 spiro atoms. The van der Waals surface area contributed by atoms with Gasteiger partial charge in [-0.05, 0) is 66.8 Å². The Morgan fingerprint density at radius 3 is 2.09 bits per heavy atom. The molecule has 4 aromatic rings. The van der Waals surface area contributed by atoms with Gasteiger partial charge in [-0.3, -0.25) is 10.1 Å². The van der Waals surface area contributed by atoms with Crippen LogP contribution in [0.5, 0.6) is 0 Å². The van der Waals surface area contributed by atoms with Crippen LogP contribution in [0.4, 0.5) is 39.0 Å². The highest BCUT2D eigenvalue weighted by molar-refractivity contribution is 7.80. The van der Waals surface area contributed by atoms with Crippen LogP contribution >= 0.6 is 47.0 Å². The SMILES string of the molecule is O=C(/C=C/c1ccc(-c2ccc(Cl)cc2Cl)o1)NC(=S)Nc1ccc(N2CCN(c3c(F)c(F)c(F)c(F)c3F)CC2)c(Cl)c1. The second-order valence-corrected chi connectivity index (χ2v) is 11.3. The molecule has 2 N–H and O–H groups in total. The summed E-state index contributed by atoms with van der Waals surface area (Å²) in [5, 5.41) is 6.57. The normalized spacial score (nSPS) is 13.4. The van der Waals surface area contributed by atoms with Gasteiger partial charge in [0.1, 0.15) is 17.2 Å². The maximum absolute atomic E-state index is 14.2. The van der Waals surface area contributed by atoms with Gasteiger partial charge < -0.3 is 19.5 Å². The molecule has 15 heteroatoms. The van der Waals surface area contributed by atoms with Gasteiger partial charge in [0.2, 0.25) is 11.7 Å². The van der Waals surface area contributed by atoms with Crippen LogP contribution in [0.3, 0.4) is 0 Å². The lowest BCUT2D eigenvalue weighted by Gasteiger charge is -2.38. The fourth-order valence-electron chi connectivity index (χ4n) is 4.63. The van der Waals surface area contributed by atoms with Crippen molar-refractivity contribution in [3.05, 3.63) is 105 Å². The standard InChI is InChI=1S/C30H20Cl3F5N4O2S/c31-15-1-5-18(19(32)13-15)22-7-3-17(44-22)4-8-23(43)40-30(45)39-16-2-6-21(20(33)14-16)41-9-11-42(12-10-41)29-27(37)25(35)24(34)26(36)28(29)38/h1-8,13-14H,9-12H2,(H2,39,40,43,45)/b8-4+. The largest absolute Gasteiger partial charge is 0.457 e. The number of hydrogen-bond donors (Lipinski definition) is 2. The van der Waals surface area contributed by atoms with Crippen LogP contribution < -0.4 is 20.4 Å². The summed E-state index contributed by atoms with van der Waals surface area (Å²) in [6.45, 7) is 0.340. The quantitative estimate of drug-likeness (QED) is 0.0692. The number of carbonyl (C=O) groups is 1. The van der Waals surface area contributed by atoms with Gasteiger partial charge in [0, 0.05) is 48.5 Å². The maximum Gasteiger partial charge on any atom is 0.250 e. The minimum absolute atomic E-state index is 0.00187. The third-order valence-electron chi connectivity index (χ3n) is 6.79. The highest BCUT2D eigenvalue weighted by Crippen LogP contribution is 2.34. The Hall–Kier alpha value is -3.84. The van der Waals surface area contributed by atoms with Crippen molar-refractivity contribution in [3.8, 4) is 11.3 Å². The highest BCUT2D eigenvalue weighted by atomic mass is 35.5. The van der Waals surface area contributed by atoms with Crippen LogP contribution in [0.25, 0.3) is 17.4 Å². The molecule has 1 aliphatic heterocycles. The first kappa shape index (κ1) is 32.6. The Kier molecular flexibility index (Phi) is 9.88. The number of rotatable bonds is 6. The van der Waals surface area contributed by atoms with E-state index in [2.05, 4.69) is 10.6 Å². The third-order valence-corrected chi connectivity index (χ3v) is 7.84. The van der Waals surface area contributed by atoms with Gasteiger partial charge in [-0.25, -0.2) is 22.0 Å². The molecule has 6 nitrogen and oxygen atoms in total. The van der Waals surface area contributed by atoms with E-state index in [9.17, 15) is 26.7 Å². The number of nitrogens with one attached hydrogen (secondary N) is 2. The van der Waals surface area contributed by atoms with E-state index in [1.54, 1.807) is 53.4 Å². The Morgan fingerprint density at radius 1 is 0.800 bits per heavy atom. The number of carbonyl (C=O) groups excluding carboxylic acids is 1. The molecule has 0 radical (unpaired) electrons. The summed E-state index contributed by atoms with van der Waals surface area (Å²) >= 11 is 23.8. The van der Waals surface area contributed by atoms with E-state index in [4.69, 9.17) is 51.4 Å². The molecule has 45 heavy (non-hydrogen) atoms. The minimum Gasteiger partial charge on any atom is -0.457 e. The Balaban J connectivity index is 1.15. The Morgan fingerprint density at radius 2 is 1.44 bits per heavy atom. The molecule has 0 aliphatic carbocycles. The first-order chi connectivity index (χ1) is 21.4. The van der Waals surface area contributed by atoms with E-state index in [0.717, 1.165) is 4.90 Å². The Labute approximate surface area is 273 Å². The van der Waals surface area contributed by atoms with Crippen LogP contribution in [-0.2, 0) is 4.79 Å². The van der Waals surface area contributed by atoms with Crippen LogP contribution in [0, 0.1) is 29.1 Å². The van der Waals surface area contributed by atoms with Gasteiger partial charge in [0.25, 0.3) is 0 Å². The predicted molar refractivity (Wildman–Crippen MR) is 170 cm³/mol. The number of anilines is 3. The summed E-state index contributed by atoms with van der Waals surface area (Å²) in [7, 11) is 0. The second kappa shape index (κ2) is 13.7. The molecular weight excluding hydrogens is 682 g/mol. The molecular formula is C30H20Cl3F5N4O2S. The van der Waals surface area contributed by atoms with Gasteiger partial charge >= 0.3 is 0 Å². The van der Waals surface area contributed by atoms with Crippen LogP contribution in [0.1, 0.15) is 5.76 Å². The van der Waals surface area contributed by atoms with Crippen LogP contribution in [0.2, 0.25) is 15.1 Å². The molecule has 1 saturated heterocycles. The number of amides is 1. The van der Waals surface area contributed by atoms with Gasteiger partial charge in [-0.2, -0.15) is 0 Å². The fourth-order valence-corrected chi connectivity index (χ4v) is 5.65. The summed E-state index contributed by atoms with van der Waals surface area (Å²) in [4.78, 5) is 15.3.